The summed E-state index contributed by atoms with van der Waals surface area (Å²) < 4.78 is 0. The lowest BCUT2D eigenvalue weighted by molar-refractivity contribution is -0.139. The van der Waals surface area contributed by atoms with Gasteiger partial charge in [-0.2, -0.15) is 0 Å². The number of urea groups is 1. The third-order valence-corrected chi connectivity index (χ3v) is 8.71. The molecule has 3 aromatic rings. The zero-order valence-electron chi connectivity index (χ0n) is 22.8. The lowest BCUT2D eigenvalue weighted by Gasteiger charge is -2.47. The van der Waals surface area contributed by atoms with E-state index in [0.717, 1.165) is 36.8 Å². The Hall–Kier alpha value is -3.16. The number of rotatable bonds is 6. The van der Waals surface area contributed by atoms with E-state index in [1.54, 1.807) is 4.90 Å². The molecule has 5 rings (SSSR count). The van der Waals surface area contributed by atoms with Crippen molar-refractivity contribution in [1.82, 2.24) is 19.7 Å². The Morgan fingerprint density at radius 2 is 1.74 bits per heavy atom. The van der Waals surface area contributed by atoms with Gasteiger partial charge in [0.15, 0.2) is 0 Å². The molecule has 39 heavy (non-hydrogen) atoms. The molecule has 0 aliphatic carbocycles. The van der Waals surface area contributed by atoms with Gasteiger partial charge in [0.1, 0.15) is 0 Å². The number of primary amides is 1. The highest BCUT2D eigenvalue weighted by Gasteiger charge is 2.37. The Balaban J connectivity index is 1.39. The number of carbonyl (C=O) groups excluding carboxylic acids is 2. The average Bonchev–Trinajstić information content (AvgIpc) is 2.94. The first kappa shape index (κ1) is 27.4. The van der Waals surface area contributed by atoms with Gasteiger partial charge in [0.2, 0.25) is 5.91 Å². The van der Waals surface area contributed by atoms with E-state index in [-0.39, 0.29) is 24.0 Å². The smallest absolute Gasteiger partial charge is 0.314 e. The lowest BCUT2D eigenvalue weighted by atomic mass is 9.89. The van der Waals surface area contributed by atoms with Crippen LogP contribution in [0.25, 0.3) is 10.9 Å². The standard InChI is InChI=1S/C31H38ClN5O2/c1-21(2)28-20-36(17-18-37(28)29(38)19-22-12-15-35(16-13-22)31(33)39)30(23-8-10-24(32)11-9-23)26-5-3-7-27-25(26)6-4-14-34-27/h3-11,14,21-22,28,30H,12-13,15-20H2,1-2H3,(H2,33,39)/t28-,30?/m1/s1. The quantitative estimate of drug-likeness (QED) is 0.452. The molecule has 0 saturated carbocycles. The van der Waals surface area contributed by atoms with Gasteiger partial charge in [0, 0.05) is 61.8 Å². The summed E-state index contributed by atoms with van der Waals surface area (Å²) in [4.78, 5) is 36.0. The Bertz CT molecular complexity index is 1300. The number of piperazine rings is 1. The zero-order valence-corrected chi connectivity index (χ0v) is 23.6. The summed E-state index contributed by atoms with van der Waals surface area (Å²) in [6.07, 6.45) is 4.02. The molecule has 2 aromatic carbocycles. The third kappa shape index (κ3) is 6.04. The molecule has 3 heterocycles. The third-order valence-electron chi connectivity index (χ3n) is 8.45. The molecule has 2 saturated heterocycles. The van der Waals surface area contributed by atoms with Gasteiger partial charge in [-0.15, -0.1) is 0 Å². The fourth-order valence-corrected chi connectivity index (χ4v) is 6.39. The van der Waals surface area contributed by atoms with Gasteiger partial charge in [-0.25, -0.2) is 4.79 Å². The van der Waals surface area contributed by atoms with Crippen molar-refractivity contribution in [2.75, 3.05) is 32.7 Å². The molecule has 206 valence electrons. The first-order valence-corrected chi connectivity index (χ1v) is 14.4. The van der Waals surface area contributed by atoms with Crippen LogP contribution in [0.1, 0.15) is 50.3 Å². The van der Waals surface area contributed by atoms with E-state index in [2.05, 4.69) is 65.0 Å². The second kappa shape index (κ2) is 11.9. The number of hydrogen-bond acceptors (Lipinski definition) is 4. The van der Waals surface area contributed by atoms with Crippen LogP contribution in [0.4, 0.5) is 4.79 Å². The fraction of sp³-hybridized carbons (Fsp3) is 0.452. The molecule has 2 aliphatic heterocycles. The highest BCUT2D eigenvalue weighted by molar-refractivity contribution is 6.30. The molecule has 1 aromatic heterocycles. The molecular weight excluding hydrogens is 510 g/mol. The lowest BCUT2D eigenvalue weighted by Crippen LogP contribution is -2.58. The highest BCUT2D eigenvalue weighted by atomic mass is 35.5. The van der Waals surface area contributed by atoms with Crippen molar-refractivity contribution >= 4 is 34.4 Å². The number of nitrogens with two attached hydrogens (primary N) is 1. The molecule has 3 amide bonds. The van der Waals surface area contributed by atoms with Gasteiger partial charge in [0.05, 0.1) is 11.6 Å². The second-order valence-electron chi connectivity index (χ2n) is 11.2. The molecule has 2 N–H and O–H groups in total. The summed E-state index contributed by atoms with van der Waals surface area (Å²) in [5.74, 6) is 0.834. The van der Waals surface area contributed by atoms with Crippen LogP contribution in [0.3, 0.4) is 0 Å². The summed E-state index contributed by atoms with van der Waals surface area (Å²) in [6, 6.07) is 18.4. The van der Waals surface area contributed by atoms with Crippen LogP contribution in [0.5, 0.6) is 0 Å². The predicted molar refractivity (Wildman–Crippen MR) is 155 cm³/mol. The second-order valence-corrected chi connectivity index (χ2v) is 11.7. The molecule has 1 unspecified atom stereocenters. The van der Waals surface area contributed by atoms with Gasteiger partial charge < -0.3 is 15.5 Å². The summed E-state index contributed by atoms with van der Waals surface area (Å²) in [5, 5.41) is 1.86. The minimum Gasteiger partial charge on any atom is -0.351 e. The number of nitrogens with zero attached hydrogens (tertiary/aromatic N) is 4. The molecule has 0 bridgehead atoms. The number of halogens is 1. The number of hydrogen-bond donors (Lipinski definition) is 1. The Kier molecular flexibility index (Phi) is 8.38. The van der Waals surface area contributed by atoms with Crippen LogP contribution >= 0.6 is 11.6 Å². The maximum absolute atomic E-state index is 13.6. The van der Waals surface area contributed by atoms with Crippen molar-refractivity contribution in [2.45, 2.75) is 45.2 Å². The zero-order chi connectivity index (χ0) is 27.5. The SMILES string of the molecule is CC(C)[C@H]1CN(C(c2ccc(Cl)cc2)c2cccc3ncccc23)CCN1C(=O)CC1CCN(C(N)=O)CC1. The van der Waals surface area contributed by atoms with Crippen LogP contribution < -0.4 is 5.73 Å². The van der Waals surface area contributed by atoms with Crippen molar-refractivity contribution in [1.29, 1.82) is 0 Å². The molecule has 0 radical (unpaired) electrons. The number of fused-ring (bicyclic) bond motifs is 1. The topological polar surface area (TPSA) is 82.8 Å². The number of carbonyl (C=O) groups is 2. The number of likely N-dealkylation sites (tertiary alicyclic amines) is 1. The molecule has 8 heteroatoms. The van der Waals surface area contributed by atoms with Crippen molar-refractivity contribution in [3.8, 4) is 0 Å². The monoisotopic (exact) mass is 547 g/mol. The molecule has 7 nitrogen and oxygen atoms in total. The van der Waals surface area contributed by atoms with E-state index >= 15 is 0 Å². The minimum absolute atomic E-state index is 0.0202. The summed E-state index contributed by atoms with van der Waals surface area (Å²) >= 11 is 6.27. The van der Waals surface area contributed by atoms with Gasteiger partial charge in [-0.3, -0.25) is 14.7 Å². The number of pyridine rings is 1. The molecular formula is C31H38ClN5O2. The molecule has 2 fully saturated rings. The predicted octanol–water partition coefficient (Wildman–Crippen LogP) is 5.33. The first-order valence-electron chi connectivity index (χ1n) is 14.0. The summed E-state index contributed by atoms with van der Waals surface area (Å²) in [6.45, 7) is 7.94. The van der Waals surface area contributed by atoms with Crippen molar-refractivity contribution in [3.63, 3.8) is 0 Å². The van der Waals surface area contributed by atoms with Crippen LogP contribution in [0, 0.1) is 11.8 Å². The Labute approximate surface area is 235 Å². The number of amides is 3. The van der Waals surface area contributed by atoms with Crippen LogP contribution in [0.15, 0.2) is 60.8 Å². The average molecular weight is 548 g/mol. The van der Waals surface area contributed by atoms with Crippen LogP contribution in [-0.2, 0) is 4.79 Å². The number of aromatic nitrogens is 1. The largest absolute Gasteiger partial charge is 0.351 e. The number of piperidine rings is 1. The summed E-state index contributed by atoms with van der Waals surface area (Å²) in [5.41, 5.74) is 8.81. The van der Waals surface area contributed by atoms with E-state index in [4.69, 9.17) is 17.3 Å². The van der Waals surface area contributed by atoms with E-state index in [1.807, 2.05) is 24.4 Å². The van der Waals surface area contributed by atoms with Crippen molar-refractivity contribution in [2.24, 2.45) is 17.6 Å². The van der Waals surface area contributed by atoms with E-state index in [0.29, 0.717) is 42.9 Å². The summed E-state index contributed by atoms with van der Waals surface area (Å²) in [7, 11) is 0. The maximum Gasteiger partial charge on any atom is 0.314 e. The van der Waals surface area contributed by atoms with Gasteiger partial charge in [0.25, 0.3) is 0 Å². The van der Waals surface area contributed by atoms with Crippen molar-refractivity contribution in [3.05, 3.63) is 76.9 Å². The van der Waals surface area contributed by atoms with Gasteiger partial charge in [-0.05, 0) is 60.1 Å². The Morgan fingerprint density at radius 1 is 1.00 bits per heavy atom. The minimum atomic E-state index is -0.368. The molecule has 0 spiro atoms. The maximum atomic E-state index is 13.6. The van der Waals surface area contributed by atoms with Gasteiger partial charge >= 0.3 is 6.03 Å². The normalized spacial score (nSPS) is 19.9. The van der Waals surface area contributed by atoms with Crippen molar-refractivity contribution < 1.29 is 9.59 Å². The molecule has 2 atom stereocenters. The van der Waals surface area contributed by atoms with E-state index in [9.17, 15) is 9.59 Å². The fourth-order valence-electron chi connectivity index (χ4n) is 6.27. The van der Waals surface area contributed by atoms with E-state index < -0.39 is 0 Å². The first-order chi connectivity index (χ1) is 18.8. The van der Waals surface area contributed by atoms with Crippen LogP contribution in [0.2, 0.25) is 5.02 Å². The number of benzene rings is 2. The van der Waals surface area contributed by atoms with Crippen LogP contribution in [-0.4, -0.2) is 70.4 Å². The Morgan fingerprint density at radius 3 is 2.44 bits per heavy atom. The molecule has 2 aliphatic rings. The van der Waals surface area contributed by atoms with E-state index in [1.165, 1.54) is 11.1 Å². The van der Waals surface area contributed by atoms with Gasteiger partial charge in [-0.1, -0.05) is 55.8 Å². The highest BCUT2D eigenvalue weighted by Crippen LogP contribution is 2.36.